The quantitative estimate of drug-likeness (QED) is 0.824. The lowest BCUT2D eigenvalue weighted by Gasteiger charge is -2.23. The molecule has 0 bridgehead atoms. The van der Waals surface area contributed by atoms with Crippen molar-refractivity contribution in [2.45, 2.75) is 31.8 Å². The van der Waals surface area contributed by atoms with Crippen molar-refractivity contribution >= 4 is 0 Å². The van der Waals surface area contributed by atoms with Crippen LogP contribution < -0.4 is 5.32 Å². The van der Waals surface area contributed by atoms with E-state index in [1.807, 2.05) is 6.92 Å². The molecular weight excluding hydrogens is 284 g/mol. The molecule has 2 N–H and O–H groups in total. The molecule has 0 spiro atoms. The van der Waals surface area contributed by atoms with Gasteiger partial charge >= 0.3 is 0 Å². The van der Waals surface area contributed by atoms with Crippen LogP contribution >= 0.6 is 0 Å². The summed E-state index contributed by atoms with van der Waals surface area (Å²) in [5.41, 5.74) is 1.17. The average molecular weight is 305 g/mol. The number of hydrogen-bond acceptors (Lipinski definition) is 2. The summed E-state index contributed by atoms with van der Waals surface area (Å²) >= 11 is 0. The van der Waals surface area contributed by atoms with Gasteiger partial charge in [-0.2, -0.15) is 0 Å². The molecule has 22 heavy (non-hydrogen) atoms. The van der Waals surface area contributed by atoms with Crippen molar-refractivity contribution in [1.29, 1.82) is 0 Å². The molecule has 0 heterocycles. The van der Waals surface area contributed by atoms with Crippen molar-refractivity contribution in [3.63, 3.8) is 0 Å². The van der Waals surface area contributed by atoms with Gasteiger partial charge in [0.1, 0.15) is 11.6 Å². The van der Waals surface area contributed by atoms with Crippen LogP contribution in [-0.2, 0) is 12.8 Å². The second kappa shape index (κ2) is 8.01. The third-order valence-electron chi connectivity index (χ3n) is 3.64. The number of halogens is 2. The second-order valence-electron chi connectivity index (χ2n) is 5.54. The van der Waals surface area contributed by atoms with Crippen LogP contribution in [0.1, 0.15) is 18.1 Å². The highest BCUT2D eigenvalue weighted by molar-refractivity contribution is 5.22. The maximum atomic E-state index is 13.8. The molecule has 1 atom stereocenters. The van der Waals surface area contributed by atoms with Crippen LogP contribution in [0.4, 0.5) is 8.78 Å². The van der Waals surface area contributed by atoms with Gasteiger partial charge in [-0.25, -0.2) is 8.78 Å². The van der Waals surface area contributed by atoms with Gasteiger partial charge in [-0.05, 0) is 43.0 Å². The van der Waals surface area contributed by atoms with Crippen LogP contribution in [0.3, 0.4) is 0 Å². The summed E-state index contributed by atoms with van der Waals surface area (Å²) in [7, 11) is 0. The Hall–Kier alpha value is -1.78. The Labute approximate surface area is 129 Å². The maximum absolute atomic E-state index is 13.8. The number of aliphatic hydroxyl groups excluding tert-OH is 1. The Bertz CT molecular complexity index is 556. The fourth-order valence-corrected chi connectivity index (χ4v) is 2.50. The minimum absolute atomic E-state index is 0.0228. The van der Waals surface area contributed by atoms with Gasteiger partial charge in [0.25, 0.3) is 0 Å². The van der Waals surface area contributed by atoms with Gasteiger partial charge in [-0.1, -0.05) is 36.4 Å². The molecule has 0 saturated heterocycles. The van der Waals surface area contributed by atoms with E-state index in [4.69, 9.17) is 0 Å². The average Bonchev–Trinajstić information content (AvgIpc) is 2.51. The second-order valence-corrected chi connectivity index (χ2v) is 5.54. The summed E-state index contributed by atoms with van der Waals surface area (Å²) in [6.07, 6.45) is 0.872. The van der Waals surface area contributed by atoms with Crippen molar-refractivity contribution in [2.75, 3.05) is 6.61 Å². The van der Waals surface area contributed by atoms with Gasteiger partial charge < -0.3 is 10.4 Å². The molecule has 0 amide bonds. The third kappa shape index (κ3) is 4.61. The first-order valence-electron chi connectivity index (χ1n) is 7.44. The van der Waals surface area contributed by atoms with Crippen molar-refractivity contribution in [2.24, 2.45) is 0 Å². The highest BCUT2D eigenvalue weighted by Crippen LogP contribution is 2.15. The van der Waals surface area contributed by atoms with Crippen LogP contribution in [-0.4, -0.2) is 23.8 Å². The van der Waals surface area contributed by atoms with Crippen molar-refractivity contribution in [3.05, 3.63) is 71.3 Å². The zero-order chi connectivity index (χ0) is 15.9. The molecule has 2 aromatic rings. The van der Waals surface area contributed by atoms with E-state index < -0.39 is 0 Å². The molecule has 0 saturated carbocycles. The lowest BCUT2D eigenvalue weighted by atomic mass is 9.97. The van der Waals surface area contributed by atoms with Crippen molar-refractivity contribution in [3.8, 4) is 0 Å². The first kappa shape index (κ1) is 16.6. The van der Waals surface area contributed by atoms with Crippen LogP contribution in [0.15, 0.2) is 48.5 Å². The Morgan fingerprint density at radius 1 is 0.909 bits per heavy atom. The summed E-state index contributed by atoms with van der Waals surface area (Å²) in [5.74, 6) is -0.529. The van der Waals surface area contributed by atoms with E-state index in [1.165, 1.54) is 12.1 Å². The lowest BCUT2D eigenvalue weighted by molar-refractivity contribution is 0.239. The summed E-state index contributed by atoms with van der Waals surface area (Å²) < 4.78 is 27.7. The molecule has 118 valence electrons. The number of nitrogens with one attached hydrogen (secondary N) is 1. The van der Waals surface area contributed by atoms with Gasteiger partial charge in [-0.15, -0.1) is 0 Å². The molecule has 0 radical (unpaired) electrons. The largest absolute Gasteiger partial charge is 0.395 e. The van der Waals surface area contributed by atoms with Crippen LogP contribution in [0.25, 0.3) is 0 Å². The van der Waals surface area contributed by atoms with Crippen LogP contribution in [0, 0.1) is 11.6 Å². The molecule has 0 fully saturated rings. The normalized spacial score (nSPS) is 12.6. The smallest absolute Gasteiger partial charge is 0.126 e. The summed E-state index contributed by atoms with van der Waals surface area (Å²) in [6, 6.07) is 12.9. The van der Waals surface area contributed by atoms with E-state index in [1.54, 1.807) is 36.4 Å². The van der Waals surface area contributed by atoms with Gasteiger partial charge in [0.15, 0.2) is 0 Å². The minimum atomic E-state index is -0.264. The summed E-state index contributed by atoms with van der Waals surface area (Å²) in [4.78, 5) is 0. The highest BCUT2D eigenvalue weighted by Gasteiger charge is 2.16. The number of hydrogen-bond donors (Lipinski definition) is 2. The third-order valence-corrected chi connectivity index (χ3v) is 3.64. The lowest BCUT2D eigenvalue weighted by Crippen LogP contribution is -2.41. The first-order valence-corrected chi connectivity index (χ1v) is 7.44. The fourth-order valence-electron chi connectivity index (χ4n) is 2.50. The molecule has 0 aliphatic rings. The topological polar surface area (TPSA) is 32.3 Å². The summed E-state index contributed by atoms with van der Waals surface area (Å²) in [5, 5.41) is 12.4. The molecule has 0 aliphatic heterocycles. The highest BCUT2D eigenvalue weighted by atomic mass is 19.1. The molecule has 0 aromatic heterocycles. The van der Waals surface area contributed by atoms with Crippen LogP contribution in [0.5, 0.6) is 0 Å². The predicted octanol–water partition coefficient (Wildman–Crippen LogP) is 3.09. The first-order chi connectivity index (χ1) is 10.6. The Kier molecular flexibility index (Phi) is 6.04. The Morgan fingerprint density at radius 2 is 1.36 bits per heavy atom. The molecular formula is C18H21F2NO. The van der Waals surface area contributed by atoms with Gasteiger partial charge in [0, 0.05) is 12.1 Å². The molecule has 0 unspecified atom stereocenters. The SMILES string of the molecule is C[C@H](CO)NC(Cc1ccccc1F)Cc1ccccc1F. The Morgan fingerprint density at radius 3 is 1.77 bits per heavy atom. The molecule has 2 aromatic carbocycles. The van der Waals surface area contributed by atoms with Gasteiger partial charge in [-0.3, -0.25) is 0 Å². The number of rotatable bonds is 7. The minimum Gasteiger partial charge on any atom is -0.395 e. The number of benzene rings is 2. The van der Waals surface area contributed by atoms with E-state index in [9.17, 15) is 13.9 Å². The fraction of sp³-hybridized carbons (Fsp3) is 0.333. The van der Waals surface area contributed by atoms with Crippen LogP contribution in [0.2, 0.25) is 0 Å². The molecule has 2 rings (SSSR count). The van der Waals surface area contributed by atoms with Crippen molar-refractivity contribution < 1.29 is 13.9 Å². The van der Waals surface area contributed by atoms with Gasteiger partial charge in [0.05, 0.1) is 6.61 Å². The Balaban J connectivity index is 2.16. The van der Waals surface area contributed by atoms with E-state index in [0.29, 0.717) is 24.0 Å². The van der Waals surface area contributed by atoms with E-state index >= 15 is 0 Å². The van der Waals surface area contributed by atoms with E-state index in [0.717, 1.165) is 0 Å². The molecule has 0 aliphatic carbocycles. The molecule has 2 nitrogen and oxygen atoms in total. The monoisotopic (exact) mass is 305 g/mol. The number of aliphatic hydroxyl groups is 1. The zero-order valence-electron chi connectivity index (χ0n) is 12.6. The van der Waals surface area contributed by atoms with E-state index in [2.05, 4.69) is 5.32 Å². The standard InChI is InChI=1S/C18H21F2NO/c1-13(12-22)21-16(10-14-6-2-4-8-17(14)19)11-15-7-3-5-9-18(15)20/h2-9,13,16,21-22H,10-12H2,1H3/t13-/m1/s1. The van der Waals surface area contributed by atoms with Gasteiger partial charge in [0.2, 0.25) is 0 Å². The molecule has 4 heteroatoms. The zero-order valence-corrected chi connectivity index (χ0v) is 12.6. The maximum Gasteiger partial charge on any atom is 0.126 e. The predicted molar refractivity (Wildman–Crippen MR) is 83.7 cm³/mol. The van der Waals surface area contributed by atoms with E-state index in [-0.39, 0.29) is 30.3 Å². The summed E-state index contributed by atoms with van der Waals surface area (Å²) in [6.45, 7) is 1.82. The van der Waals surface area contributed by atoms with Crippen molar-refractivity contribution in [1.82, 2.24) is 5.32 Å².